The molecule has 0 unspecified atom stereocenters. The predicted octanol–water partition coefficient (Wildman–Crippen LogP) is 3.70. The van der Waals surface area contributed by atoms with Gasteiger partial charge in [-0.1, -0.05) is 27.7 Å². The Bertz CT molecular complexity index is 327. The summed E-state index contributed by atoms with van der Waals surface area (Å²) in [5.74, 6) is 6.00. The molecule has 0 radical (unpaired) electrons. The molecular formula is C15H30N2O2. The molecule has 2 N–H and O–H groups in total. The third-order valence-electron chi connectivity index (χ3n) is 3.53. The second-order valence-corrected chi connectivity index (χ2v) is 8.45. The summed E-state index contributed by atoms with van der Waals surface area (Å²) in [5, 5.41) is 1.30. The number of hydrazine groups is 1. The maximum atomic E-state index is 12.1. The lowest BCUT2D eigenvalue weighted by molar-refractivity contribution is -0.0128. The molecule has 4 heteroatoms. The van der Waals surface area contributed by atoms with Gasteiger partial charge in [-0.25, -0.2) is 15.6 Å². The molecular weight excluding hydrogens is 240 g/mol. The van der Waals surface area contributed by atoms with E-state index in [1.54, 1.807) is 0 Å². The van der Waals surface area contributed by atoms with Crippen LogP contribution in [-0.2, 0) is 4.74 Å². The van der Waals surface area contributed by atoms with Crippen molar-refractivity contribution < 1.29 is 9.53 Å². The van der Waals surface area contributed by atoms with Crippen LogP contribution in [0.25, 0.3) is 0 Å². The Hall–Kier alpha value is -0.770. The predicted molar refractivity (Wildman–Crippen MR) is 77.5 cm³/mol. The molecule has 0 saturated heterocycles. The minimum absolute atomic E-state index is 0.0496. The van der Waals surface area contributed by atoms with Crippen LogP contribution in [0, 0.1) is 10.8 Å². The molecule has 0 aromatic carbocycles. The largest absolute Gasteiger partial charge is 0.443 e. The molecule has 1 aliphatic carbocycles. The van der Waals surface area contributed by atoms with Gasteiger partial charge in [-0.15, -0.1) is 0 Å². The van der Waals surface area contributed by atoms with Crippen LogP contribution in [0.2, 0.25) is 0 Å². The van der Waals surface area contributed by atoms with Crippen LogP contribution in [0.15, 0.2) is 0 Å². The SMILES string of the molecule is CC1(C)CC(N(N)C(=O)OC(C)(C)C)CC(C)(C)C1. The molecule has 0 atom stereocenters. The maximum Gasteiger partial charge on any atom is 0.424 e. The Morgan fingerprint density at radius 2 is 1.58 bits per heavy atom. The van der Waals surface area contributed by atoms with Gasteiger partial charge in [0.25, 0.3) is 0 Å². The molecule has 1 saturated carbocycles. The van der Waals surface area contributed by atoms with Crippen molar-refractivity contribution >= 4 is 6.09 Å². The van der Waals surface area contributed by atoms with Crippen LogP contribution in [-0.4, -0.2) is 22.7 Å². The number of ether oxygens (including phenoxy) is 1. The minimum atomic E-state index is -0.506. The van der Waals surface area contributed by atoms with E-state index in [1.807, 2.05) is 20.8 Å². The van der Waals surface area contributed by atoms with E-state index in [-0.39, 0.29) is 16.9 Å². The number of carbonyl (C=O) groups excluding carboxylic acids is 1. The second-order valence-electron chi connectivity index (χ2n) is 8.45. The van der Waals surface area contributed by atoms with E-state index in [4.69, 9.17) is 10.6 Å². The van der Waals surface area contributed by atoms with Crippen LogP contribution in [0.3, 0.4) is 0 Å². The van der Waals surface area contributed by atoms with Crippen LogP contribution in [0.4, 0.5) is 4.79 Å². The Morgan fingerprint density at radius 3 is 1.95 bits per heavy atom. The van der Waals surface area contributed by atoms with E-state index in [0.717, 1.165) is 19.3 Å². The van der Waals surface area contributed by atoms with Gasteiger partial charge < -0.3 is 4.74 Å². The smallest absolute Gasteiger partial charge is 0.424 e. The Labute approximate surface area is 117 Å². The summed E-state index contributed by atoms with van der Waals surface area (Å²) in [4.78, 5) is 12.1. The number of hydrogen-bond acceptors (Lipinski definition) is 3. The van der Waals surface area contributed by atoms with Gasteiger partial charge >= 0.3 is 6.09 Å². The standard InChI is InChI=1S/C15H30N2O2/c1-13(2,3)19-12(18)17(16)11-8-14(4,5)10-15(6,7)9-11/h11H,8-10,16H2,1-7H3. The highest BCUT2D eigenvalue weighted by molar-refractivity contribution is 5.67. The number of carbonyl (C=O) groups is 1. The highest BCUT2D eigenvalue weighted by Crippen LogP contribution is 2.46. The van der Waals surface area contributed by atoms with Crippen molar-refractivity contribution in [3.63, 3.8) is 0 Å². The number of nitrogens with two attached hydrogens (primary N) is 1. The van der Waals surface area contributed by atoms with Gasteiger partial charge in [-0.3, -0.25) is 0 Å². The summed E-state index contributed by atoms with van der Waals surface area (Å²) in [6, 6.07) is 0.0496. The number of hydrogen-bond donors (Lipinski definition) is 1. The lowest BCUT2D eigenvalue weighted by Gasteiger charge is -2.47. The first-order valence-corrected chi connectivity index (χ1v) is 7.08. The Kier molecular flexibility index (Phi) is 4.26. The zero-order valence-electron chi connectivity index (χ0n) is 13.5. The van der Waals surface area contributed by atoms with Gasteiger partial charge in [0.05, 0.1) is 6.04 Å². The summed E-state index contributed by atoms with van der Waals surface area (Å²) in [6.45, 7) is 14.5. The normalized spacial score (nSPS) is 22.9. The Balaban J connectivity index is 2.76. The molecule has 1 amide bonds. The molecule has 0 heterocycles. The van der Waals surface area contributed by atoms with Crippen molar-refractivity contribution in [2.45, 2.75) is 79.4 Å². The van der Waals surface area contributed by atoms with Crippen molar-refractivity contribution in [1.29, 1.82) is 0 Å². The highest BCUT2D eigenvalue weighted by Gasteiger charge is 2.41. The first kappa shape index (κ1) is 16.3. The fraction of sp³-hybridized carbons (Fsp3) is 0.933. The molecule has 0 aliphatic heterocycles. The van der Waals surface area contributed by atoms with Crippen LogP contribution in [0.5, 0.6) is 0 Å². The summed E-state index contributed by atoms with van der Waals surface area (Å²) < 4.78 is 5.35. The third-order valence-corrected chi connectivity index (χ3v) is 3.53. The number of nitrogens with zero attached hydrogens (tertiary/aromatic N) is 1. The molecule has 0 aromatic rings. The highest BCUT2D eigenvalue weighted by atomic mass is 16.6. The Morgan fingerprint density at radius 1 is 1.16 bits per heavy atom. The van der Waals surface area contributed by atoms with Crippen molar-refractivity contribution in [1.82, 2.24) is 5.01 Å². The maximum absolute atomic E-state index is 12.1. The first-order chi connectivity index (χ1) is 8.31. The summed E-state index contributed by atoms with van der Waals surface area (Å²) in [5.41, 5.74) is -0.105. The molecule has 4 nitrogen and oxygen atoms in total. The van der Waals surface area contributed by atoms with Gasteiger partial charge in [0, 0.05) is 0 Å². The zero-order chi connectivity index (χ0) is 15.1. The van der Waals surface area contributed by atoms with Crippen LogP contribution in [0.1, 0.15) is 67.7 Å². The van der Waals surface area contributed by atoms with Crippen molar-refractivity contribution in [2.75, 3.05) is 0 Å². The molecule has 19 heavy (non-hydrogen) atoms. The van der Waals surface area contributed by atoms with E-state index < -0.39 is 11.7 Å². The summed E-state index contributed by atoms with van der Waals surface area (Å²) in [6.07, 6.45) is 2.57. The minimum Gasteiger partial charge on any atom is -0.443 e. The molecule has 1 aliphatic rings. The van der Waals surface area contributed by atoms with E-state index in [0.29, 0.717) is 0 Å². The van der Waals surface area contributed by atoms with Crippen LogP contribution >= 0.6 is 0 Å². The molecule has 1 rings (SSSR count). The fourth-order valence-electron chi connectivity index (χ4n) is 3.45. The molecule has 1 fully saturated rings. The van der Waals surface area contributed by atoms with E-state index in [2.05, 4.69) is 27.7 Å². The lowest BCUT2D eigenvalue weighted by atomic mass is 9.63. The van der Waals surface area contributed by atoms with E-state index >= 15 is 0 Å². The van der Waals surface area contributed by atoms with Crippen molar-refractivity contribution in [3.8, 4) is 0 Å². The molecule has 0 aromatic heterocycles. The van der Waals surface area contributed by atoms with Gasteiger partial charge in [0.1, 0.15) is 5.60 Å². The van der Waals surface area contributed by atoms with Crippen molar-refractivity contribution in [2.24, 2.45) is 16.7 Å². The van der Waals surface area contributed by atoms with E-state index in [9.17, 15) is 4.79 Å². The average Bonchev–Trinajstić information content (AvgIpc) is 2.08. The summed E-state index contributed by atoms with van der Waals surface area (Å²) in [7, 11) is 0. The second kappa shape index (κ2) is 4.97. The number of rotatable bonds is 1. The molecule has 0 bridgehead atoms. The molecule has 0 spiro atoms. The first-order valence-electron chi connectivity index (χ1n) is 7.08. The molecule has 112 valence electrons. The average molecular weight is 270 g/mol. The zero-order valence-corrected chi connectivity index (χ0v) is 13.5. The fourth-order valence-corrected chi connectivity index (χ4v) is 3.45. The number of amides is 1. The van der Waals surface area contributed by atoms with Gasteiger partial charge in [-0.05, 0) is 50.9 Å². The van der Waals surface area contributed by atoms with Gasteiger partial charge in [0.15, 0.2) is 0 Å². The van der Waals surface area contributed by atoms with E-state index in [1.165, 1.54) is 5.01 Å². The van der Waals surface area contributed by atoms with Gasteiger partial charge in [-0.2, -0.15) is 0 Å². The van der Waals surface area contributed by atoms with Gasteiger partial charge in [0.2, 0.25) is 0 Å². The topological polar surface area (TPSA) is 55.6 Å². The summed E-state index contributed by atoms with van der Waals surface area (Å²) >= 11 is 0. The van der Waals surface area contributed by atoms with Crippen LogP contribution < -0.4 is 5.84 Å². The third kappa shape index (κ3) is 5.01. The lowest BCUT2D eigenvalue weighted by Crippen LogP contribution is -2.53. The monoisotopic (exact) mass is 270 g/mol. The quantitative estimate of drug-likeness (QED) is 0.449. The van der Waals surface area contributed by atoms with Crippen molar-refractivity contribution in [3.05, 3.63) is 0 Å².